The summed E-state index contributed by atoms with van der Waals surface area (Å²) in [5.74, 6) is -1.03. The molecular weight excluding hydrogens is 283 g/mol. The van der Waals surface area contributed by atoms with Crippen molar-refractivity contribution in [1.82, 2.24) is 10.2 Å². The summed E-state index contributed by atoms with van der Waals surface area (Å²) in [4.78, 5) is 24.7. The lowest BCUT2D eigenvalue weighted by molar-refractivity contribution is -0.127. The number of benzene rings is 1. The summed E-state index contributed by atoms with van der Waals surface area (Å²) in [6.07, 6.45) is 1.31. The highest BCUT2D eigenvalue weighted by Crippen LogP contribution is 2.33. The number of rotatable bonds is 3. The molecule has 1 N–H and O–H groups in total. The van der Waals surface area contributed by atoms with Crippen LogP contribution in [0.2, 0.25) is 5.02 Å². The number of halogens is 2. The van der Waals surface area contributed by atoms with E-state index in [1.165, 1.54) is 17.0 Å². The number of carbonyl (C=O) groups is 2. The van der Waals surface area contributed by atoms with Crippen LogP contribution in [0, 0.1) is 5.82 Å². The van der Waals surface area contributed by atoms with Crippen LogP contribution in [0.25, 0.3) is 0 Å². The van der Waals surface area contributed by atoms with Gasteiger partial charge in [0.1, 0.15) is 5.82 Å². The van der Waals surface area contributed by atoms with Gasteiger partial charge in [-0.3, -0.25) is 9.59 Å². The Hall–Kier alpha value is -1.88. The summed E-state index contributed by atoms with van der Waals surface area (Å²) in [6, 6.07) is 3.54. The van der Waals surface area contributed by atoms with Gasteiger partial charge in [-0.1, -0.05) is 24.2 Å². The first-order valence-corrected chi connectivity index (χ1v) is 6.45. The van der Waals surface area contributed by atoms with Gasteiger partial charge < -0.3 is 10.2 Å². The topological polar surface area (TPSA) is 49.4 Å². The average molecular weight is 297 g/mol. The lowest BCUT2D eigenvalue weighted by Crippen LogP contribution is -2.38. The summed E-state index contributed by atoms with van der Waals surface area (Å²) in [7, 11) is 1.62. The molecule has 20 heavy (non-hydrogen) atoms. The van der Waals surface area contributed by atoms with E-state index in [1.54, 1.807) is 13.1 Å². The van der Waals surface area contributed by atoms with Gasteiger partial charge in [-0.25, -0.2) is 4.39 Å². The van der Waals surface area contributed by atoms with E-state index in [0.717, 1.165) is 6.08 Å². The minimum atomic E-state index is -0.550. The number of likely N-dealkylation sites (tertiary alicyclic amines) is 1. The maximum absolute atomic E-state index is 13.6. The Labute approximate surface area is 121 Å². The summed E-state index contributed by atoms with van der Waals surface area (Å²) in [6.45, 7) is 3.38. The van der Waals surface area contributed by atoms with Crippen molar-refractivity contribution in [1.29, 1.82) is 0 Å². The molecule has 1 aromatic rings. The highest BCUT2D eigenvalue weighted by molar-refractivity contribution is 6.30. The molecule has 0 radical (unpaired) electrons. The number of carbonyl (C=O) groups excluding carboxylic acids is 2. The van der Waals surface area contributed by atoms with E-state index in [1.807, 2.05) is 0 Å². The molecule has 1 saturated heterocycles. The standard InChI is InChI=1S/C14H14ClFN2O2/c1-3-12(19)17-11-7-13(20)18(2)14(11)8-4-5-9(15)10(16)6-8/h3-6,11,14H,1,7H2,2H3,(H,17,19)/t11-,14+/m0/s1. The van der Waals surface area contributed by atoms with Crippen molar-refractivity contribution >= 4 is 23.4 Å². The van der Waals surface area contributed by atoms with Gasteiger partial charge in [0.2, 0.25) is 11.8 Å². The van der Waals surface area contributed by atoms with Crippen molar-refractivity contribution in [2.24, 2.45) is 0 Å². The third kappa shape index (κ3) is 2.67. The van der Waals surface area contributed by atoms with E-state index in [-0.39, 0.29) is 23.3 Å². The van der Waals surface area contributed by atoms with Crippen molar-refractivity contribution in [2.45, 2.75) is 18.5 Å². The molecule has 106 valence electrons. The Morgan fingerprint density at radius 2 is 2.30 bits per heavy atom. The van der Waals surface area contributed by atoms with Gasteiger partial charge in [0, 0.05) is 13.5 Å². The van der Waals surface area contributed by atoms with E-state index in [9.17, 15) is 14.0 Å². The molecule has 4 nitrogen and oxygen atoms in total. The Morgan fingerprint density at radius 1 is 1.60 bits per heavy atom. The van der Waals surface area contributed by atoms with Crippen LogP contribution in [-0.4, -0.2) is 29.8 Å². The molecule has 1 aliphatic rings. The fourth-order valence-electron chi connectivity index (χ4n) is 2.39. The minimum absolute atomic E-state index is 0.0207. The Kier molecular flexibility index (Phi) is 4.09. The molecule has 1 aliphatic heterocycles. The Bertz CT molecular complexity index is 576. The highest BCUT2D eigenvalue weighted by Gasteiger charge is 2.39. The lowest BCUT2D eigenvalue weighted by Gasteiger charge is -2.25. The zero-order chi connectivity index (χ0) is 14.9. The molecule has 2 rings (SSSR count). The fraction of sp³-hybridized carbons (Fsp3) is 0.286. The third-order valence-corrected chi connectivity index (χ3v) is 3.69. The number of hydrogen-bond donors (Lipinski definition) is 1. The van der Waals surface area contributed by atoms with Gasteiger partial charge in [0.15, 0.2) is 0 Å². The predicted molar refractivity (Wildman–Crippen MR) is 73.7 cm³/mol. The first-order valence-electron chi connectivity index (χ1n) is 6.07. The molecule has 1 fully saturated rings. The maximum atomic E-state index is 13.6. The molecule has 0 aliphatic carbocycles. The number of hydrogen-bond acceptors (Lipinski definition) is 2. The molecule has 2 amide bonds. The molecule has 0 bridgehead atoms. The molecule has 6 heteroatoms. The van der Waals surface area contributed by atoms with Crippen molar-refractivity contribution in [3.8, 4) is 0 Å². The zero-order valence-corrected chi connectivity index (χ0v) is 11.7. The smallest absolute Gasteiger partial charge is 0.243 e. The third-order valence-electron chi connectivity index (χ3n) is 3.38. The zero-order valence-electron chi connectivity index (χ0n) is 10.9. The SMILES string of the molecule is C=CC(=O)N[C@H]1CC(=O)N(C)[C@@H]1c1ccc(Cl)c(F)c1. The van der Waals surface area contributed by atoms with Crippen molar-refractivity contribution < 1.29 is 14.0 Å². The highest BCUT2D eigenvalue weighted by atomic mass is 35.5. The number of nitrogens with zero attached hydrogens (tertiary/aromatic N) is 1. The van der Waals surface area contributed by atoms with Gasteiger partial charge in [-0.15, -0.1) is 0 Å². The summed E-state index contributed by atoms with van der Waals surface area (Å²) in [5.41, 5.74) is 0.592. The van der Waals surface area contributed by atoms with Crippen LogP contribution in [0.5, 0.6) is 0 Å². The first-order chi connectivity index (χ1) is 9.43. The second kappa shape index (κ2) is 5.63. The molecule has 2 atom stereocenters. The van der Waals surface area contributed by atoms with Crippen LogP contribution >= 0.6 is 11.6 Å². The second-order valence-electron chi connectivity index (χ2n) is 4.65. The van der Waals surface area contributed by atoms with Gasteiger partial charge in [-0.2, -0.15) is 0 Å². The van der Waals surface area contributed by atoms with E-state index in [4.69, 9.17) is 11.6 Å². The first kappa shape index (κ1) is 14.5. The van der Waals surface area contributed by atoms with E-state index >= 15 is 0 Å². The van der Waals surface area contributed by atoms with Crippen molar-refractivity contribution in [3.63, 3.8) is 0 Å². The number of nitrogens with one attached hydrogen (secondary N) is 1. The largest absolute Gasteiger partial charge is 0.347 e. The van der Waals surface area contributed by atoms with Gasteiger partial charge in [-0.05, 0) is 23.8 Å². The van der Waals surface area contributed by atoms with Gasteiger partial charge in [0.25, 0.3) is 0 Å². The Morgan fingerprint density at radius 3 is 2.90 bits per heavy atom. The van der Waals surface area contributed by atoms with Gasteiger partial charge in [0.05, 0.1) is 17.1 Å². The van der Waals surface area contributed by atoms with E-state index < -0.39 is 17.9 Å². The number of likely N-dealkylation sites (N-methyl/N-ethyl adjacent to an activating group) is 1. The number of amides is 2. The Balaban J connectivity index is 2.33. The van der Waals surface area contributed by atoms with Gasteiger partial charge >= 0.3 is 0 Å². The van der Waals surface area contributed by atoms with Crippen molar-refractivity contribution in [3.05, 3.63) is 47.3 Å². The maximum Gasteiger partial charge on any atom is 0.243 e. The monoisotopic (exact) mass is 296 g/mol. The van der Waals surface area contributed by atoms with Crippen LogP contribution in [0.3, 0.4) is 0 Å². The van der Waals surface area contributed by atoms with Crippen LogP contribution in [0.4, 0.5) is 4.39 Å². The summed E-state index contributed by atoms with van der Waals surface area (Å²) in [5, 5.41) is 2.72. The summed E-state index contributed by atoms with van der Waals surface area (Å²) >= 11 is 5.66. The molecule has 0 unspecified atom stereocenters. The summed E-state index contributed by atoms with van der Waals surface area (Å²) < 4.78 is 13.6. The molecule has 0 spiro atoms. The molecular formula is C14H14ClFN2O2. The van der Waals surface area contributed by atoms with Crippen LogP contribution in [-0.2, 0) is 9.59 Å². The van der Waals surface area contributed by atoms with E-state index in [2.05, 4.69) is 11.9 Å². The quantitative estimate of drug-likeness (QED) is 0.868. The lowest BCUT2D eigenvalue weighted by atomic mass is 10.00. The molecule has 1 aromatic carbocycles. The molecule has 0 aromatic heterocycles. The van der Waals surface area contributed by atoms with Crippen LogP contribution < -0.4 is 5.32 Å². The van der Waals surface area contributed by atoms with Crippen LogP contribution in [0.15, 0.2) is 30.9 Å². The molecule has 1 heterocycles. The second-order valence-corrected chi connectivity index (χ2v) is 5.05. The normalized spacial score (nSPS) is 21.9. The average Bonchev–Trinajstić information content (AvgIpc) is 2.68. The van der Waals surface area contributed by atoms with Crippen LogP contribution in [0.1, 0.15) is 18.0 Å². The molecule has 0 saturated carbocycles. The van der Waals surface area contributed by atoms with E-state index in [0.29, 0.717) is 5.56 Å². The minimum Gasteiger partial charge on any atom is -0.347 e. The predicted octanol–water partition coefficient (Wildman–Crippen LogP) is 2.05. The fourth-order valence-corrected chi connectivity index (χ4v) is 2.51. The van der Waals surface area contributed by atoms with Crippen molar-refractivity contribution in [2.75, 3.05) is 7.05 Å².